The molecular weight excluding hydrogens is 364 g/mol. The predicted octanol–water partition coefficient (Wildman–Crippen LogP) is 4.46. The van der Waals surface area contributed by atoms with Gasteiger partial charge >= 0.3 is 5.63 Å². The number of aromatic nitrogens is 1. The van der Waals surface area contributed by atoms with Crippen molar-refractivity contribution in [1.82, 2.24) is 5.16 Å². The zero-order valence-corrected chi connectivity index (χ0v) is 17.1. The summed E-state index contributed by atoms with van der Waals surface area (Å²) in [7, 11) is 0. The SMILES string of the molecule is Cc1ccc(C#CC(CC(C)C)C(=O)Nc2ccc3c(=O)onc(C)c3c2)cc1. The van der Waals surface area contributed by atoms with Crippen molar-refractivity contribution < 1.29 is 9.32 Å². The Labute approximate surface area is 170 Å². The highest BCUT2D eigenvalue weighted by Gasteiger charge is 2.18. The number of benzene rings is 2. The van der Waals surface area contributed by atoms with Crippen LogP contribution < -0.4 is 10.9 Å². The average molecular weight is 388 g/mol. The Morgan fingerprint density at radius 2 is 1.83 bits per heavy atom. The monoisotopic (exact) mass is 388 g/mol. The highest BCUT2D eigenvalue weighted by atomic mass is 16.5. The highest BCUT2D eigenvalue weighted by molar-refractivity contribution is 5.97. The summed E-state index contributed by atoms with van der Waals surface area (Å²) in [5.41, 5.74) is 2.75. The Morgan fingerprint density at radius 1 is 1.10 bits per heavy atom. The lowest BCUT2D eigenvalue weighted by molar-refractivity contribution is -0.118. The molecule has 1 atom stereocenters. The topological polar surface area (TPSA) is 72.2 Å². The number of nitrogens with zero attached hydrogens (tertiary/aromatic N) is 1. The molecule has 0 aliphatic rings. The van der Waals surface area contributed by atoms with Crippen molar-refractivity contribution in [2.75, 3.05) is 5.32 Å². The number of aryl methyl sites for hydroxylation is 2. The number of hydrogen-bond donors (Lipinski definition) is 1. The molecule has 0 bridgehead atoms. The molecule has 1 amide bonds. The van der Waals surface area contributed by atoms with Gasteiger partial charge in [-0.1, -0.05) is 48.5 Å². The molecule has 1 unspecified atom stereocenters. The van der Waals surface area contributed by atoms with E-state index in [2.05, 4.69) is 36.2 Å². The van der Waals surface area contributed by atoms with Crippen LogP contribution in [0.3, 0.4) is 0 Å². The molecule has 3 rings (SSSR count). The number of carbonyl (C=O) groups excluding carboxylic acids is 1. The van der Waals surface area contributed by atoms with Crippen LogP contribution in [0.2, 0.25) is 0 Å². The van der Waals surface area contributed by atoms with E-state index < -0.39 is 11.5 Å². The maximum atomic E-state index is 12.9. The van der Waals surface area contributed by atoms with Gasteiger partial charge in [-0.2, -0.15) is 0 Å². The third-order valence-corrected chi connectivity index (χ3v) is 4.63. The standard InChI is InChI=1S/C24H24N2O3/c1-15(2)13-19(10-9-18-7-5-16(3)6-8-18)23(27)25-20-11-12-21-22(14-20)17(4)26-29-24(21)28/h5-8,11-12,14-15,19H,13H2,1-4H3,(H,25,27). The molecule has 1 heterocycles. The highest BCUT2D eigenvalue weighted by Crippen LogP contribution is 2.20. The Kier molecular flexibility index (Phi) is 6.13. The van der Waals surface area contributed by atoms with Crippen molar-refractivity contribution in [1.29, 1.82) is 0 Å². The molecule has 0 aliphatic heterocycles. The lowest BCUT2D eigenvalue weighted by atomic mass is 9.96. The first kappa shape index (κ1) is 20.3. The van der Waals surface area contributed by atoms with Crippen molar-refractivity contribution in [2.24, 2.45) is 11.8 Å². The molecule has 0 saturated heterocycles. The normalized spacial score (nSPS) is 11.8. The molecule has 0 saturated carbocycles. The van der Waals surface area contributed by atoms with Crippen molar-refractivity contribution >= 4 is 22.4 Å². The van der Waals surface area contributed by atoms with E-state index in [-0.39, 0.29) is 5.91 Å². The molecule has 29 heavy (non-hydrogen) atoms. The van der Waals surface area contributed by atoms with E-state index in [9.17, 15) is 9.59 Å². The van der Waals surface area contributed by atoms with Crippen LogP contribution in [0, 0.1) is 37.5 Å². The average Bonchev–Trinajstić information content (AvgIpc) is 2.69. The number of nitrogens with one attached hydrogen (secondary N) is 1. The summed E-state index contributed by atoms with van der Waals surface area (Å²) in [6, 6.07) is 13.0. The van der Waals surface area contributed by atoms with Crippen LogP contribution >= 0.6 is 0 Å². The smallest absolute Gasteiger partial charge is 0.325 e. The first-order valence-corrected chi connectivity index (χ1v) is 9.63. The zero-order chi connectivity index (χ0) is 21.0. The van der Waals surface area contributed by atoms with Crippen LogP contribution in [0.1, 0.15) is 37.1 Å². The fourth-order valence-electron chi connectivity index (χ4n) is 3.05. The third-order valence-electron chi connectivity index (χ3n) is 4.63. The molecule has 148 valence electrons. The first-order valence-electron chi connectivity index (χ1n) is 9.63. The van der Waals surface area contributed by atoms with E-state index >= 15 is 0 Å². The van der Waals surface area contributed by atoms with E-state index in [0.29, 0.717) is 34.5 Å². The van der Waals surface area contributed by atoms with Gasteiger partial charge in [0.2, 0.25) is 5.91 Å². The molecule has 5 nitrogen and oxygen atoms in total. The van der Waals surface area contributed by atoms with Crippen LogP contribution in [0.15, 0.2) is 51.8 Å². The summed E-state index contributed by atoms with van der Waals surface area (Å²) in [5, 5.41) is 7.77. The molecule has 1 aromatic heterocycles. The molecule has 0 fully saturated rings. The summed E-state index contributed by atoms with van der Waals surface area (Å²) >= 11 is 0. The third kappa shape index (κ3) is 5.11. The van der Waals surface area contributed by atoms with Crippen molar-refractivity contribution in [3.05, 3.63) is 69.7 Å². The van der Waals surface area contributed by atoms with Gasteiger partial charge in [0, 0.05) is 16.6 Å². The number of amides is 1. The summed E-state index contributed by atoms with van der Waals surface area (Å²) in [6.07, 6.45) is 0.655. The number of carbonyl (C=O) groups is 1. The van der Waals surface area contributed by atoms with Crippen LogP contribution in [0.25, 0.3) is 10.8 Å². The van der Waals surface area contributed by atoms with E-state index in [1.165, 1.54) is 5.56 Å². The van der Waals surface area contributed by atoms with E-state index in [0.717, 1.165) is 5.56 Å². The van der Waals surface area contributed by atoms with Crippen LogP contribution in [-0.4, -0.2) is 11.1 Å². The molecule has 5 heteroatoms. The Bertz CT molecular complexity index is 1150. The molecule has 1 N–H and O–H groups in total. The minimum atomic E-state index is -0.495. The van der Waals surface area contributed by atoms with Gasteiger partial charge in [0.05, 0.1) is 17.0 Å². The minimum absolute atomic E-state index is 0.161. The quantitative estimate of drug-likeness (QED) is 0.670. The number of fused-ring (bicyclic) bond motifs is 1. The maximum Gasteiger partial charge on any atom is 0.366 e. The Morgan fingerprint density at radius 3 is 2.52 bits per heavy atom. The van der Waals surface area contributed by atoms with Crippen LogP contribution in [0.5, 0.6) is 0 Å². The van der Waals surface area contributed by atoms with Crippen LogP contribution in [-0.2, 0) is 4.79 Å². The predicted molar refractivity (Wildman–Crippen MR) is 115 cm³/mol. The lowest BCUT2D eigenvalue weighted by Crippen LogP contribution is -2.23. The Balaban J connectivity index is 1.85. The summed E-state index contributed by atoms with van der Waals surface area (Å²) < 4.78 is 4.74. The summed E-state index contributed by atoms with van der Waals surface area (Å²) in [6.45, 7) is 7.92. The molecule has 0 aliphatic carbocycles. The molecule has 0 radical (unpaired) electrons. The summed E-state index contributed by atoms with van der Waals surface area (Å²) in [5.74, 6) is 5.97. The van der Waals surface area contributed by atoms with Crippen molar-refractivity contribution in [2.45, 2.75) is 34.1 Å². The first-order chi connectivity index (χ1) is 13.8. The second-order valence-corrected chi connectivity index (χ2v) is 7.62. The second-order valence-electron chi connectivity index (χ2n) is 7.62. The van der Waals surface area contributed by atoms with Gasteiger partial charge in [-0.15, -0.1) is 0 Å². The summed E-state index contributed by atoms with van der Waals surface area (Å²) in [4.78, 5) is 24.7. The maximum absolute atomic E-state index is 12.9. The number of rotatable bonds is 4. The minimum Gasteiger partial charge on any atom is -0.325 e. The van der Waals surface area contributed by atoms with E-state index in [1.54, 1.807) is 25.1 Å². The van der Waals surface area contributed by atoms with E-state index in [1.807, 2.05) is 31.2 Å². The lowest BCUT2D eigenvalue weighted by Gasteiger charge is -2.14. The van der Waals surface area contributed by atoms with Gasteiger partial charge < -0.3 is 9.84 Å². The number of hydrogen-bond acceptors (Lipinski definition) is 4. The van der Waals surface area contributed by atoms with Gasteiger partial charge in [0.25, 0.3) is 0 Å². The van der Waals surface area contributed by atoms with E-state index in [4.69, 9.17) is 4.52 Å². The van der Waals surface area contributed by atoms with Gasteiger partial charge in [0.15, 0.2) is 0 Å². The Hall–Kier alpha value is -3.39. The van der Waals surface area contributed by atoms with Gasteiger partial charge in [-0.05, 0) is 56.5 Å². The number of anilines is 1. The largest absolute Gasteiger partial charge is 0.366 e. The molecule has 3 aromatic rings. The van der Waals surface area contributed by atoms with Gasteiger partial charge in [-0.3, -0.25) is 4.79 Å². The van der Waals surface area contributed by atoms with Gasteiger partial charge in [-0.25, -0.2) is 4.79 Å². The van der Waals surface area contributed by atoms with Crippen LogP contribution in [0.4, 0.5) is 5.69 Å². The fourth-order valence-corrected chi connectivity index (χ4v) is 3.05. The van der Waals surface area contributed by atoms with Gasteiger partial charge in [0.1, 0.15) is 0 Å². The molecule has 0 spiro atoms. The van der Waals surface area contributed by atoms with Crippen molar-refractivity contribution in [3.8, 4) is 11.8 Å². The second kappa shape index (κ2) is 8.74. The molecular formula is C24H24N2O3. The van der Waals surface area contributed by atoms with Crippen molar-refractivity contribution in [3.63, 3.8) is 0 Å². The zero-order valence-electron chi connectivity index (χ0n) is 17.1. The molecule has 2 aromatic carbocycles. The fraction of sp³-hybridized carbons (Fsp3) is 0.292.